The number of rotatable bonds is 7. The number of carbonyl (C=O) groups is 3. The van der Waals surface area contributed by atoms with Crippen molar-refractivity contribution in [2.75, 3.05) is 17.2 Å². The van der Waals surface area contributed by atoms with E-state index in [1.54, 1.807) is 48.5 Å². The lowest BCUT2D eigenvalue weighted by molar-refractivity contribution is -0.147. The molecular formula is C18H16Cl2N2O4. The third-order valence-corrected chi connectivity index (χ3v) is 3.78. The van der Waals surface area contributed by atoms with Crippen LogP contribution in [-0.2, 0) is 19.1 Å². The zero-order valence-corrected chi connectivity index (χ0v) is 15.1. The Kier molecular flexibility index (Phi) is 7.44. The second kappa shape index (κ2) is 9.79. The van der Waals surface area contributed by atoms with E-state index in [4.69, 9.17) is 27.9 Å². The standard InChI is InChI=1S/C18H16Cl2N2O4/c19-12-5-7-13(8-6-12)21-17(24)11-26-18(25)10-9-16(23)22-15-4-2-1-3-14(15)20/h1-8H,9-11H2,(H,21,24)(H,22,23). The second-order valence-electron chi connectivity index (χ2n) is 5.24. The van der Waals surface area contributed by atoms with E-state index in [0.29, 0.717) is 21.4 Å². The number of esters is 1. The Morgan fingerprint density at radius 3 is 2.23 bits per heavy atom. The fourth-order valence-electron chi connectivity index (χ4n) is 1.94. The first kappa shape index (κ1) is 19.8. The van der Waals surface area contributed by atoms with Gasteiger partial charge in [0.2, 0.25) is 5.91 Å². The number of nitrogens with one attached hydrogen (secondary N) is 2. The molecule has 0 aliphatic heterocycles. The number of para-hydroxylation sites is 1. The van der Waals surface area contributed by atoms with Gasteiger partial charge in [0.15, 0.2) is 6.61 Å². The Balaban J connectivity index is 1.68. The lowest BCUT2D eigenvalue weighted by Gasteiger charge is -2.08. The molecule has 0 bridgehead atoms. The molecule has 8 heteroatoms. The van der Waals surface area contributed by atoms with Crippen LogP contribution in [0.15, 0.2) is 48.5 Å². The van der Waals surface area contributed by atoms with E-state index >= 15 is 0 Å². The number of anilines is 2. The van der Waals surface area contributed by atoms with Gasteiger partial charge in [-0.25, -0.2) is 0 Å². The SMILES string of the molecule is O=C(COC(=O)CCC(=O)Nc1ccccc1Cl)Nc1ccc(Cl)cc1. The maximum absolute atomic E-state index is 11.8. The normalized spacial score (nSPS) is 10.1. The van der Waals surface area contributed by atoms with Gasteiger partial charge in [-0.05, 0) is 36.4 Å². The summed E-state index contributed by atoms with van der Waals surface area (Å²) in [5.41, 5.74) is 1.00. The summed E-state index contributed by atoms with van der Waals surface area (Å²) in [4.78, 5) is 35.2. The molecule has 0 aliphatic rings. The number of halogens is 2. The molecule has 136 valence electrons. The summed E-state index contributed by atoms with van der Waals surface area (Å²) >= 11 is 11.7. The highest BCUT2D eigenvalue weighted by molar-refractivity contribution is 6.33. The molecule has 0 spiro atoms. The Hall–Kier alpha value is -2.57. The van der Waals surface area contributed by atoms with Crippen LogP contribution >= 0.6 is 23.2 Å². The number of hydrogen-bond donors (Lipinski definition) is 2. The highest BCUT2D eigenvalue weighted by atomic mass is 35.5. The smallest absolute Gasteiger partial charge is 0.306 e. The molecule has 2 rings (SSSR count). The average Bonchev–Trinajstić information content (AvgIpc) is 2.62. The van der Waals surface area contributed by atoms with Crippen LogP contribution in [0.5, 0.6) is 0 Å². The van der Waals surface area contributed by atoms with Crippen molar-refractivity contribution in [3.63, 3.8) is 0 Å². The van der Waals surface area contributed by atoms with Crippen molar-refractivity contribution in [2.45, 2.75) is 12.8 Å². The van der Waals surface area contributed by atoms with Gasteiger partial charge in [0, 0.05) is 17.1 Å². The van der Waals surface area contributed by atoms with E-state index in [1.165, 1.54) is 0 Å². The molecule has 0 saturated carbocycles. The quantitative estimate of drug-likeness (QED) is 0.697. The molecule has 0 aromatic heterocycles. The van der Waals surface area contributed by atoms with Gasteiger partial charge in [-0.2, -0.15) is 0 Å². The van der Waals surface area contributed by atoms with E-state index in [1.807, 2.05) is 0 Å². The Bertz CT molecular complexity index is 794. The van der Waals surface area contributed by atoms with Crippen LogP contribution in [0.1, 0.15) is 12.8 Å². The number of ether oxygens (including phenoxy) is 1. The summed E-state index contributed by atoms with van der Waals surface area (Å²) in [5.74, 6) is -1.51. The van der Waals surface area contributed by atoms with Gasteiger partial charge in [-0.1, -0.05) is 35.3 Å². The van der Waals surface area contributed by atoms with Crippen molar-refractivity contribution in [2.24, 2.45) is 0 Å². The van der Waals surface area contributed by atoms with E-state index < -0.39 is 18.5 Å². The monoisotopic (exact) mass is 394 g/mol. The molecule has 26 heavy (non-hydrogen) atoms. The number of benzene rings is 2. The summed E-state index contributed by atoms with van der Waals surface area (Å²) < 4.78 is 4.84. The predicted octanol–water partition coefficient (Wildman–Crippen LogP) is 3.89. The van der Waals surface area contributed by atoms with Gasteiger partial charge in [-0.15, -0.1) is 0 Å². The maximum atomic E-state index is 11.8. The molecule has 0 saturated heterocycles. The summed E-state index contributed by atoms with van der Waals surface area (Å²) in [6, 6.07) is 13.3. The Morgan fingerprint density at radius 1 is 0.846 bits per heavy atom. The molecule has 0 heterocycles. The fourth-order valence-corrected chi connectivity index (χ4v) is 2.25. The van der Waals surface area contributed by atoms with E-state index in [9.17, 15) is 14.4 Å². The Morgan fingerprint density at radius 2 is 1.54 bits per heavy atom. The van der Waals surface area contributed by atoms with Crippen molar-refractivity contribution in [1.29, 1.82) is 0 Å². The van der Waals surface area contributed by atoms with Gasteiger partial charge < -0.3 is 15.4 Å². The van der Waals surface area contributed by atoms with Gasteiger partial charge in [-0.3, -0.25) is 14.4 Å². The maximum Gasteiger partial charge on any atom is 0.306 e. The topological polar surface area (TPSA) is 84.5 Å². The van der Waals surface area contributed by atoms with Crippen molar-refractivity contribution >= 4 is 52.4 Å². The van der Waals surface area contributed by atoms with Gasteiger partial charge >= 0.3 is 5.97 Å². The fraction of sp³-hybridized carbons (Fsp3) is 0.167. The summed E-state index contributed by atoms with van der Waals surface area (Å²) in [7, 11) is 0. The molecule has 2 N–H and O–H groups in total. The largest absolute Gasteiger partial charge is 0.456 e. The second-order valence-corrected chi connectivity index (χ2v) is 6.09. The van der Waals surface area contributed by atoms with E-state index in [0.717, 1.165) is 0 Å². The van der Waals surface area contributed by atoms with Crippen LogP contribution in [0.2, 0.25) is 10.0 Å². The third kappa shape index (κ3) is 6.74. The van der Waals surface area contributed by atoms with Crippen molar-refractivity contribution < 1.29 is 19.1 Å². The molecule has 0 atom stereocenters. The van der Waals surface area contributed by atoms with Crippen LogP contribution in [0.4, 0.5) is 11.4 Å². The molecule has 2 aromatic rings. The summed E-state index contributed by atoms with van der Waals surface area (Å²) in [6.07, 6.45) is -0.229. The molecule has 6 nitrogen and oxygen atoms in total. The Labute approximate surface area is 160 Å². The van der Waals surface area contributed by atoms with Crippen molar-refractivity contribution in [3.8, 4) is 0 Å². The van der Waals surface area contributed by atoms with Crippen LogP contribution in [0.25, 0.3) is 0 Å². The molecule has 0 unspecified atom stereocenters. The number of amides is 2. The van der Waals surface area contributed by atoms with Crippen molar-refractivity contribution in [3.05, 3.63) is 58.6 Å². The molecule has 0 radical (unpaired) electrons. The molecular weight excluding hydrogens is 379 g/mol. The van der Waals surface area contributed by atoms with Crippen LogP contribution in [-0.4, -0.2) is 24.4 Å². The highest BCUT2D eigenvalue weighted by Crippen LogP contribution is 2.20. The minimum Gasteiger partial charge on any atom is -0.456 e. The average molecular weight is 395 g/mol. The van der Waals surface area contributed by atoms with Gasteiger partial charge in [0.05, 0.1) is 17.1 Å². The predicted molar refractivity (Wildman–Crippen MR) is 100 cm³/mol. The van der Waals surface area contributed by atoms with Gasteiger partial charge in [0.1, 0.15) is 0 Å². The number of carbonyl (C=O) groups excluding carboxylic acids is 3. The first-order valence-electron chi connectivity index (χ1n) is 7.69. The summed E-state index contributed by atoms with van der Waals surface area (Å²) in [5, 5.41) is 6.11. The van der Waals surface area contributed by atoms with Crippen LogP contribution in [0, 0.1) is 0 Å². The first-order chi connectivity index (χ1) is 12.4. The molecule has 2 aromatic carbocycles. The lowest BCUT2D eigenvalue weighted by Crippen LogP contribution is -2.21. The van der Waals surface area contributed by atoms with E-state index in [2.05, 4.69) is 10.6 Å². The molecule has 0 aliphatic carbocycles. The highest BCUT2D eigenvalue weighted by Gasteiger charge is 2.11. The van der Waals surface area contributed by atoms with Crippen LogP contribution in [0.3, 0.4) is 0 Å². The first-order valence-corrected chi connectivity index (χ1v) is 8.45. The molecule has 0 fully saturated rings. The summed E-state index contributed by atoms with van der Waals surface area (Å²) in [6.45, 7) is -0.437. The van der Waals surface area contributed by atoms with E-state index in [-0.39, 0.29) is 18.7 Å². The lowest BCUT2D eigenvalue weighted by atomic mass is 10.2. The number of hydrogen-bond acceptors (Lipinski definition) is 4. The molecule has 2 amide bonds. The minimum atomic E-state index is -0.648. The zero-order chi connectivity index (χ0) is 18.9. The third-order valence-electron chi connectivity index (χ3n) is 3.20. The van der Waals surface area contributed by atoms with Crippen molar-refractivity contribution in [1.82, 2.24) is 0 Å². The zero-order valence-electron chi connectivity index (χ0n) is 13.6. The van der Waals surface area contributed by atoms with Crippen LogP contribution < -0.4 is 10.6 Å². The minimum absolute atomic E-state index is 0.0805. The van der Waals surface area contributed by atoms with Gasteiger partial charge in [0.25, 0.3) is 5.91 Å².